The van der Waals surface area contributed by atoms with Crippen LogP contribution in [0.5, 0.6) is 11.6 Å². The molecular weight excluding hydrogens is 301 g/mol. The monoisotopic (exact) mass is 311 g/mol. The van der Waals surface area contributed by atoms with Crippen molar-refractivity contribution in [3.63, 3.8) is 0 Å². The Bertz CT molecular complexity index is 666. The number of nitrogens with zero attached hydrogens (tertiary/aromatic N) is 1. The molecule has 20 heavy (non-hydrogen) atoms. The Morgan fingerprint density at radius 2 is 1.75 bits per heavy atom. The zero-order valence-electron chi connectivity index (χ0n) is 10.8. The summed E-state index contributed by atoms with van der Waals surface area (Å²) >= 11 is 11.8. The van der Waals surface area contributed by atoms with E-state index in [1.54, 1.807) is 38.1 Å². The largest absolute Gasteiger partial charge is 0.477 e. The van der Waals surface area contributed by atoms with E-state index in [-0.39, 0.29) is 11.4 Å². The van der Waals surface area contributed by atoms with E-state index in [2.05, 4.69) is 4.98 Å². The minimum atomic E-state index is -1.10. The highest BCUT2D eigenvalue weighted by Crippen LogP contribution is 2.30. The first-order valence-electron chi connectivity index (χ1n) is 5.72. The van der Waals surface area contributed by atoms with E-state index in [1.165, 1.54) is 0 Å². The Morgan fingerprint density at radius 3 is 2.30 bits per heavy atom. The Labute approximate surface area is 125 Å². The van der Waals surface area contributed by atoms with Crippen molar-refractivity contribution < 1.29 is 14.6 Å². The van der Waals surface area contributed by atoms with E-state index in [9.17, 15) is 9.90 Å². The molecule has 0 atom stereocenters. The van der Waals surface area contributed by atoms with Gasteiger partial charge in [0.1, 0.15) is 11.3 Å². The summed E-state index contributed by atoms with van der Waals surface area (Å²) in [6.45, 7) is 3.45. The number of aromatic carboxylic acids is 1. The van der Waals surface area contributed by atoms with Crippen LogP contribution in [-0.4, -0.2) is 16.1 Å². The standard InChI is InChI=1S/C14H11Cl2NO3/c1-7-3-8(2)17-13(12(7)14(18)19)20-11-5-9(15)4-10(16)6-11/h3-6H,1-2H3,(H,18,19). The second-order valence-corrected chi connectivity index (χ2v) is 5.15. The third-order valence-electron chi connectivity index (χ3n) is 2.58. The Kier molecular flexibility index (Phi) is 4.16. The molecule has 0 bridgehead atoms. The van der Waals surface area contributed by atoms with E-state index in [4.69, 9.17) is 27.9 Å². The molecule has 0 unspecified atom stereocenters. The lowest BCUT2D eigenvalue weighted by atomic mass is 10.1. The molecule has 0 aliphatic heterocycles. The smallest absolute Gasteiger partial charge is 0.341 e. The fourth-order valence-corrected chi connectivity index (χ4v) is 2.34. The van der Waals surface area contributed by atoms with Gasteiger partial charge in [0, 0.05) is 15.7 Å². The maximum Gasteiger partial charge on any atom is 0.341 e. The van der Waals surface area contributed by atoms with Crippen molar-refractivity contribution in [2.75, 3.05) is 0 Å². The lowest BCUT2D eigenvalue weighted by molar-refractivity contribution is 0.0692. The van der Waals surface area contributed by atoms with Gasteiger partial charge in [-0.3, -0.25) is 0 Å². The molecule has 2 rings (SSSR count). The van der Waals surface area contributed by atoms with Crippen LogP contribution in [0.15, 0.2) is 24.3 Å². The van der Waals surface area contributed by atoms with Crippen LogP contribution in [0.25, 0.3) is 0 Å². The molecule has 0 amide bonds. The van der Waals surface area contributed by atoms with Crippen molar-refractivity contribution in [1.82, 2.24) is 4.98 Å². The molecule has 0 spiro atoms. The summed E-state index contributed by atoms with van der Waals surface area (Å²) < 4.78 is 5.53. The van der Waals surface area contributed by atoms with Crippen LogP contribution in [0.1, 0.15) is 21.6 Å². The molecule has 1 heterocycles. The van der Waals surface area contributed by atoms with E-state index in [0.717, 1.165) is 0 Å². The van der Waals surface area contributed by atoms with Gasteiger partial charge in [0.25, 0.3) is 0 Å². The molecule has 1 aromatic heterocycles. The van der Waals surface area contributed by atoms with E-state index >= 15 is 0 Å². The number of rotatable bonds is 3. The first-order valence-corrected chi connectivity index (χ1v) is 6.48. The van der Waals surface area contributed by atoms with Gasteiger partial charge in [-0.15, -0.1) is 0 Å². The second-order valence-electron chi connectivity index (χ2n) is 4.27. The summed E-state index contributed by atoms with van der Waals surface area (Å²) in [5.74, 6) is -0.742. The van der Waals surface area contributed by atoms with Crippen LogP contribution < -0.4 is 4.74 Å². The molecule has 0 aliphatic carbocycles. The normalized spacial score (nSPS) is 10.4. The molecule has 0 saturated carbocycles. The molecule has 4 nitrogen and oxygen atoms in total. The number of carbonyl (C=O) groups is 1. The summed E-state index contributed by atoms with van der Waals surface area (Å²) in [6.07, 6.45) is 0. The fraction of sp³-hybridized carbons (Fsp3) is 0.143. The number of carboxylic acids is 1. The van der Waals surface area contributed by atoms with Crippen LogP contribution in [0, 0.1) is 13.8 Å². The zero-order chi connectivity index (χ0) is 14.9. The summed E-state index contributed by atoms with van der Waals surface area (Å²) in [4.78, 5) is 15.4. The number of halogens is 2. The van der Waals surface area contributed by atoms with Gasteiger partial charge in [0.2, 0.25) is 5.88 Å². The molecular formula is C14H11Cl2NO3. The van der Waals surface area contributed by atoms with E-state index < -0.39 is 5.97 Å². The first-order chi connectivity index (χ1) is 9.36. The molecule has 2 aromatic rings. The van der Waals surface area contributed by atoms with Crippen LogP contribution in [-0.2, 0) is 0 Å². The maximum atomic E-state index is 11.3. The summed E-state index contributed by atoms with van der Waals surface area (Å²) in [6, 6.07) is 6.32. The van der Waals surface area contributed by atoms with E-state index in [0.29, 0.717) is 27.1 Å². The molecule has 6 heteroatoms. The SMILES string of the molecule is Cc1cc(C)c(C(=O)O)c(Oc2cc(Cl)cc(Cl)c2)n1. The molecule has 0 aliphatic rings. The Balaban J connectivity index is 2.49. The quantitative estimate of drug-likeness (QED) is 0.906. The lowest BCUT2D eigenvalue weighted by Crippen LogP contribution is -2.06. The summed E-state index contributed by atoms with van der Waals surface area (Å²) in [7, 11) is 0. The zero-order valence-corrected chi connectivity index (χ0v) is 12.3. The second kappa shape index (κ2) is 5.69. The summed E-state index contributed by atoms with van der Waals surface area (Å²) in [5.41, 5.74) is 1.26. The number of pyridine rings is 1. The lowest BCUT2D eigenvalue weighted by Gasteiger charge is -2.11. The summed E-state index contributed by atoms with van der Waals surface area (Å²) in [5, 5.41) is 10.0. The third kappa shape index (κ3) is 3.21. The highest BCUT2D eigenvalue weighted by molar-refractivity contribution is 6.34. The topological polar surface area (TPSA) is 59.4 Å². The highest BCUT2D eigenvalue weighted by atomic mass is 35.5. The van der Waals surface area contributed by atoms with Gasteiger partial charge in [0.05, 0.1) is 0 Å². The predicted molar refractivity (Wildman–Crippen MR) is 77.2 cm³/mol. The van der Waals surface area contributed by atoms with Crippen LogP contribution in [0.4, 0.5) is 0 Å². The van der Waals surface area contributed by atoms with Gasteiger partial charge in [-0.25, -0.2) is 9.78 Å². The average Bonchev–Trinajstić information content (AvgIpc) is 2.25. The molecule has 0 radical (unpaired) electrons. The molecule has 1 aromatic carbocycles. The molecule has 104 valence electrons. The van der Waals surface area contributed by atoms with E-state index in [1.807, 2.05) is 0 Å². The van der Waals surface area contributed by atoms with Gasteiger partial charge in [-0.05, 0) is 43.7 Å². The first kappa shape index (κ1) is 14.6. The number of aromatic nitrogens is 1. The maximum absolute atomic E-state index is 11.3. The molecule has 1 N–H and O–H groups in total. The average molecular weight is 312 g/mol. The van der Waals surface area contributed by atoms with Gasteiger partial charge >= 0.3 is 5.97 Å². The Morgan fingerprint density at radius 1 is 1.15 bits per heavy atom. The minimum absolute atomic E-state index is 0.0201. The van der Waals surface area contributed by atoms with Crippen molar-refractivity contribution in [2.45, 2.75) is 13.8 Å². The number of aryl methyl sites for hydroxylation is 2. The molecule has 0 fully saturated rings. The van der Waals surface area contributed by atoms with Crippen LogP contribution in [0.3, 0.4) is 0 Å². The highest BCUT2D eigenvalue weighted by Gasteiger charge is 2.18. The number of hydrogen-bond donors (Lipinski definition) is 1. The van der Waals surface area contributed by atoms with Gasteiger partial charge in [-0.2, -0.15) is 0 Å². The van der Waals surface area contributed by atoms with Crippen LogP contribution in [0.2, 0.25) is 10.0 Å². The van der Waals surface area contributed by atoms with Crippen molar-refractivity contribution in [2.24, 2.45) is 0 Å². The van der Waals surface area contributed by atoms with Gasteiger partial charge < -0.3 is 9.84 Å². The molecule has 0 saturated heterocycles. The van der Waals surface area contributed by atoms with Crippen molar-refractivity contribution >= 4 is 29.2 Å². The fourth-order valence-electron chi connectivity index (χ4n) is 1.84. The van der Waals surface area contributed by atoms with Crippen molar-refractivity contribution in [1.29, 1.82) is 0 Å². The predicted octanol–water partition coefficient (Wildman–Crippen LogP) is 4.50. The number of benzene rings is 1. The van der Waals surface area contributed by atoms with Gasteiger partial charge in [0.15, 0.2) is 0 Å². The van der Waals surface area contributed by atoms with Crippen molar-refractivity contribution in [3.05, 3.63) is 51.1 Å². The van der Waals surface area contributed by atoms with Crippen molar-refractivity contribution in [3.8, 4) is 11.6 Å². The Hall–Kier alpha value is -1.78. The number of ether oxygens (including phenoxy) is 1. The van der Waals surface area contributed by atoms with Gasteiger partial charge in [-0.1, -0.05) is 23.2 Å². The van der Waals surface area contributed by atoms with Crippen LogP contribution >= 0.6 is 23.2 Å². The number of carboxylic acid groups (broad SMARTS) is 1. The third-order valence-corrected chi connectivity index (χ3v) is 3.01. The minimum Gasteiger partial charge on any atom is -0.477 e. The number of hydrogen-bond acceptors (Lipinski definition) is 3.